The third kappa shape index (κ3) is 4.94. The van der Waals surface area contributed by atoms with E-state index in [1.165, 1.54) is 11.8 Å². The normalized spacial score (nSPS) is 17.7. The molecule has 0 aliphatic carbocycles. The van der Waals surface area contributed by atoms with Crippen molar-refractivity contribution in [3.63, 3.8) is 0 Å². The molecule has 1 heterocycles. The number of hydrogen-bond acceptors (Lipinski definition) is 7. The zero-order valence-electron chi connectivity index (χ0n) is 17.5. The summed E-state index contributed by atoms with van der Waals surface area (Å²) in [4.78, 5) is 14.5. The SMILES string of the molecule is CC[C@@H]1S/C(=N\N=C/c2ccc(OC)c(OC)c2)N(Cc2ccc(OC)cc2)C1=O. The van der Waals surface area contributed by atoms with Gasteiger partial charge in [0, 0.05) is 0 Å². The minimum absolute atomic E-state index is 0.0541. The summed E-state index contributed by atoms with van der Waals surface area (Å²) in [6.45, 7) is 2.44. The summed E-state index contributed by atoms with van der Waals surface area (Å²) < 4.78 is 15.8. The van der Waals surface area contributed by atoms with Gasteiger partial charge in [0.15, 0.2) is 16.7 Å². The first kappa shape index (κ1) is 21.7. The predicted octanol–water partition coefficient (Wildman–Crippen LogP) is 3.96. The molecular weight excluding hydrogens is 402 g/mol. The van der Waals surface area contributed by atoms with E-state index < -0.39 is 0 Å². The summed E-state index contributed by atoms with van der Waals surface area (Å²) in [5.41, 5.74) is 1.82. The zero-order valence-corrected chi connectivity index (χ0v) is 18.3. The lowest BCUT2D eigenvalue weighted by atomic mass is 10.2. The molecule has 158 valence electrons. The van der Waals surface area contributed by atoms with Gasteiger partial charge in [-0.2, -0.15) is 5.10 Å². The fourth-order valence-corrected chi connectivity index (χ4v) is 4.01. The van der Waals surface area contributed by atoms with Crippen molar-refractivity contribution in [2.45, 2.75) is 25.1 Å². The molecule has 2 aromatic rings. The molecule has 2 aromatic carbocycles. The van der Waals surface area contributed by atoms with Crippen molar-refractivity contribution in [3.8, 4) is 17.2 Å². The standard InChI is InChI=1S/C22H25N3O4S/c1-5-20-21(26)25(14-15-6-9-17(27-2)10-7-15)22(30-20)24-23-13-16-8-11-18(28-3)19(12-16)29-4/h6-13,20H,5,14H2,1-4H3/b23-13-,24-22-/t20-/m0/s1. The van der Waals surface area contributed by atoms with Crippen LogP contribution in [0.5, 0.6) is 17.2 Å². The molecule has 0 radical (unpaired) electrons. The summed E-state index contributed by atoms with van der Waals surface area (Å²) in [5.74, 6) is 2.10. The molecule has 1 amide bonds. The maximum atomic E-state index is 12.8. The van der Waals surface area contributed by atoms with E-state index in [9.17, 15) is 4.79 Å². The Labute approximate surface area is 180 Å². The Morgan fingerprint density at radius 1 is 1.03 bits per heavy atom. The number of methoxy groups -OCH3 is 3. The lowest BCUT2D eigenvalue weighted by Crippen LogP contribution is -2.31. The number of carbonyl (C=O) groups excluding carboxylic acids is 1. The molecule has 1 saturated heterocycles. The summed E-state index contributed by atoms with van der Waals surface area (Å²) in [6.07, 6.45) is 2.37. The van der Waals surface area contributed by atoms with E-state index in [-0.39, 0.29) is 11.2 Å². The highest BCUT2D eigenvalue weighted by Gasteiger charge is 2.36. The van der Waals surface area contributed by atoms with E-state index in [1.54, 1.807) is 32.4 Å². The molecule has 8 heteroatoms. The largest absolute Gasteiger partial charge is 0.497 e. The van der Waals surface area contributed by atoms with Crippen molar-refractivity contribution in [2.75, 3.05) is 21.3 Å². The van der Waals surface area contributed by atoms with Gasteiger partial charge in [-0.05, 0) is 47.9 Å². The summed E-state index contributed by atoms with van der Waals surface area (Å²) in [5, 5.41) is 9.00. The van der Waals surface area contributed by atoms with E-state index in [1.807, 2.05) is 49.4 Å². The fraction of sp³-hybridized carbons (Fsp3) is 0.318. The number of thioether (sulfide) groups is 1. The van der Waals surface area contributed by atoms with Gasteiger partial charge in [0.2, 0.25) is 5.91 Å². The van der Waals surface area contributed by atoms with E-state index in [2.05, 4.69) is 10.2 Å². The predicted molar refractivity (Wildman–Crippen MR) is 120 cm³/mol. The quantitative estimate of drug-likeness (QED) is 0.471. The second-order valence-corrected chi connectivity index (χ2v) is 7.70. The van der Waals surface area contributed by atoms with Gasteiger partial charge in [0.25, 0.3) is 0 Å². The van der Waals surface area contributed by atoms with Gasteiger partial charge < -0.3 is 14.2 Å². The molecule has 1 atom stereocenters. The molecule has 1 aliphatic rings. The van der Waals surface area contributed by atoms with Gasteiger partial charge in [0.1, 0.15) is 5.75 Å². The van der Waals surface area contributed by atoms with Crippen LogP contribution in [0, 0.1) is 0 Å². The van der Waals surface area contributed by atoms with Crippen LogP contribution >= 0.6 is 11.8 Å². The average Bonchev–Trinajstić information content (AvgIpc) is 3.08. The smallest absolute Gasteiger partial charge is 0.242 e. The molecule has 1 fully saturated rings. The van der Waals surface area contributed by atoms with Crippen molar-refractivity contribution >= 4 is 29.1 Å². The third-order valence-electron chi connectivity index (χ3n) is 4.65. The van der Waals surface area contributed by atoms with Crippen LogP contribution in [0.1, 0.15) is 24.5 Å². The van der Waals surface area contributed by atoms with Crippen molar-refractivity contribution in [1.82, 2.24) is 4.90 Å². The highest BCUT2D eigenvalue weighted by atomic mass is 32.2. The first-order valence-electron chi connectivity index (χ1n) is 9.53. The second-order valence-electron chi connectivity index (χ2n) is 6.53. The van der Waals surface area contributed by atoms with Crippen molar-refractivity contribution < 1.29 is 19.0 Å². The van der Waals surface area contributed by atoms with Gasteiger partial charge in [-0.15, -0.1) is 5.10 Å². The lowest BCUT2D eigenvalue weighted by molar-refractivity contribution is -0.126. The Morgan fingerprint density at radius 3 is 2.40 bits per heavy atom. The molecular formula is C22H25N3O4S. The first-order valence-corrected chi connectivity index (χ1v) is 10.4. The Kier molecular flexibility index (Phi) is 7.35. The molecule has 7 nitrogen and oxygen atoms in total. The molecule has 0 aromatic heterocycles. The van der Waals surface area contributed by atoms with Crippen molar-refractivity contribution in [3.05, 3.63) is 53.6 Å². The van der Waals surface area contributed by atoms with Crippen LogP contribution < -0.4 is 14.2 Å². The minimum atomic E-state index is -0.140. The number of amides is 1. The van der Waals surface area contributed by atoms with Crippen LogP contribution in [0.2, 0.25) is 0 Å². The van der Waals surface area contributed by atoms with Gasteiger partial charge in [-0.25, -0.2) is 0 Å². The van der Waals surface area contributed by atoms with E-state index in [0.717, 1.165) is 23.3 Å². The number of benzene rings is 2. The summed E-state index contributed by atoms with van der Waals surface area (Å²) in [6, 6.07) is 13.1. The Hall–Kier alpha value is -3.00. The Balaban J connectivity index is 1.79. The van der Waals surface area contributed by atoms with Crippen LogP contribution in [0.3, 0.4) is 0 Å². The molecule has 0 spiro atoms. The number of amidine groups is 1. The monoisotopic (exact) mass is 427 g/mol. The van der Waals surface area contributed by atoms with Gasteiger partial charge >= 0.3 is 0 Å². The van der Waals surface area contributed by atoms with Gasteiger partial charge in [-0.1, -0.05) is 30.8 Å². The first-order chi connectivity index (χ1) is 14.6. The van der Waals surface area contributed by atoms with Crippen LogP contribution in [0.4, 0.5) is 0 Å². The Bertz CT molecular complexity index is 944. The number of carbonyl (C=O) groups is 1. The second kappa shape index (κ2) is 10.2. The number of hydrogen-bond donors (Lipinski definition) is 0. The van der Waals surface area contributed by atoms with E-state index in [0.29, 0.717) is 23.2 Å². The number of ether oxygens (including phenoxy) is 3. The lowest BCUT2D eigenvalue weighted by Gasteiger charge is -2.16. The van der Waals surface area contributed by atoms with Crippen molar-refractivity contribution in [2.24, 2.45) is 10.2 Å². The molecule has 1 aliphatic heterocycles. The zero-order chi connectivity index (χ0) is 21.5. The molecule has 30 heavy (non-hydrogen) atoms. The topological polar surface area (TPSA) is 72.7 Å². The average molecular weight is 428 g/mol. The van der Waals surface area contributed by atoms with Crippen molar-refractivity contribution in [1.29, 1.82) is 0 Å². The minimum Gasteiger partial charge on any atom is -0.497 e. The molecule has 3 rings (SSSR count). The maximum Gasteiger partial charge on any atom is 0.242 e. The summed E-state index contributed by atoms with van der Waals surface area (Å²) in [7, 11) is 4.80. The number of nitrogens with zero attached hydrogens (tertiary/aromatic N) is 3. The van der Waals surface area contributed by atoms with Gasteiger partial charge in [0.05, 0.1) is 39.3 Å². The highest BCUT2D eigenvalue weighted by Crippen LogP contribution is 2.31. The van der Waals surface area contributed by atoms with Crippen LogP contribution in [-0.4, -0.2) is 48.8 Å². The van der Waals surface area contributed by atoms with E-state index in [4.69, 9.17) is 14.2 Å². The Morgan fingerprint density at radius 2 is 1.77 bits per heavy atom. The molecule has 0 unspecified atom stereocenters. The highest BCUT2D eigenvalue weighted by molar-refractivity contribution is 8.15. The molecule has 0 N–H and O–H groups in total. The van der Waals surface area contributed by atoms with Gasteiger partial charge in [-0.3, -0.25) is 9.69 Å². The third-order valence-corrected chi connectivity index (χ3v) is 5.98. The fourth-order valence-electron chi connectivity index (χ4n) is 2.98. The molecule has 0 bridgehead atoms. The van der Waals surface area contributed by atoms with Crippen LogP contribution in [-0.2, 0) is 11.3 Å². The summed E-state index contributed by atoms with van der Waals surface area (Å²) >= 11 is 1.45. The number of rotatable bonds is 8. The maximum absolute atomic E-state index is 12.8. The van der Waals surface area contributed by atoms with E-state index >= 15 is 0 Å². The molecule has 0 saturated carbocycles. The van der Waals surface area contributed by atoms with Crippen LogP contribution in [0.15, 0.2) is 52.7 Å². The van der Waals surface area contributed by atoms with Crippen LogP contribution in [0.25, 0.3) is 0 Å².